The Hall–Kier alpha value is -2.80. The van der Waals surface area contributed by atoms with Crippen molar-refractivity contribution in [1.29, 1.82) is 0 Å². The molecule has 27 heavy (non-hydrogen) atoms. The fraction of sp³-hybridized carbons (Fsp3) is 0.211. The van der Waals surface area contributed by atoms with Crippen LogP contribution in [0.2, 0.25) is 5.02 Å². The first-order chi connectivity index (χ1) is 13.0. The molecule has 3 aromatic rings. The van der Waals surface area contributed by atoms with Gasteiger partial charge in [-0.3, -0.25) is 9.78 Å². The molecule has 0 bridgehead atoms. The molecule has 0 unspecified atom stereocenters. The number of nitrogens with zero attached hydrogens (tertiary/aromatic N) is 4. The fourth-order valence-electron chi connectivity index (χ4n) is 3.19. The van der Waals surface area contributed by atoms with Gasteiger partial charge in [-0.2, -0.15) is 0 Å². The molecule has 8 heteroatoms. The van der Waals surface area contributed by atoms with Crippen LogP contribution in [0.5, 0.6) is 0 Å². The van der Waals surface area contributed by atoms with Crippen LogP contribution in [0.1, 0.15) is 27.4 Å². The number of pyridine rings is 1. The summed E-state index contributed by atoms with van der Waals surface area (Å²) < 4.78 is 28.6. The molecule has 0 saturated carbocycles. The normalized spacial score (nSPS) is 13.5. The number of halogens is 3. The molecule has 0 saturated heterocycles. The molecule has 1 aliphatic rings. The quantitative estimate of drug-likeness (QED) is 0.690. The number of rotatable bonds is 3. The van der Waals surface area contributed by atoms with Crippen molar-refractivity contribution in [2.75, 3.05) is 6.54 Å². The molecular weight excluding hydrogens is 374 g/mol. The zero-order valence-corrected chi connectivity index (χ0v) is 15.0. The van der Waals surface area contributed by atoms with E-state index in [2.05, 4.69) is 9.97 Å². The number of hydrogen-bond acceptors (Lipinski definition) is 3. The molecule has 0 spiro atoms. The van der Waals surface area contributed by atoms with Gasteiger partial charge in [-0.25, -0.2) is 13.8 Å². The molecule has 3 heterocycles. The number of carbonyl (C=O) groups excluding carboxylic acids is 1. The van der Waals surface area contributed by atoms with E-state index in [-0.39, 0.29) is 22.3 Å². The van der Waals surface area contributed by atoms with Crippen molar-refractivity contribution in [3.63, 3.8) is 0 Å². The lowest BCUT2D eigenvalue weighted by molar-refractivity contribution is 0.0730. The van der Waals surface area contributed by atoms with E-state index in [4.69, 9.17) is 11.6 Å². The highest BCUT2D eigenvalue weighted by atomic mass is 35.5. The summed E-state index contributed by atoms with van der Waals surface area (Å²) in [6.07, 6.45) is 3.48. The minimum absolute atomic E-state index is 0.148. The van der Waals surface area contributed by atoms with Crippen molar-refractivity contribution in [3.8, 4) is 0 Å². The van der Waals surface area contributed by atoms with Gasteiger partial charge in [-0.15, -0.1) is 0 Å². The zero-order chi connectivity index (χ0) is 19.0. The monoisotopic (exact) mass is 388 g/mol. The maximum atomic E-state index is 13.6. The second-order valence-electron chi connectivity index (χ2n) is 6.31. The van der Waals surface area contributed by atoms with Crippen LogP contribution in [-0.2, 0) is 19.5 Å². The number of aromatic nitrogens is 3. The summed E-state index contributed by atoms with van der Waals surface area (Å²) in [6.45, 7) is 1.28. The zero-order valence-electron chi connectivity index (χ0n) is 14.2. The summed E-state index contributed by atoms with van der Waals surface area (Å²) in [4.78, 5) is 22.8. The van der Waals surface area contributed by atoms with Crippen molar-refractivity contribution >= 4 is 17.5 Å². The standard InChI is InChI=1S/C19H15ClF2N4O/c20-18-14(2-1-3-15(18)22)19(27)25-7-6-17-16(10-25)24-11-26(17)9-13-5-4-12(21)8-23-13/h1-5,8,11H,6-7,9-10H2. The Bertz CT molecular complexity index is 1000. The Morgan fingerprint density at radius 2 is 2.04 bits per heavy atom. The van der Waals surface area contributed by atoms with Crippen LogP contribution in [0.4, 0.5) is 8.78 Å². The first kappa shape index (κ1) is 17.6. The Morgan fingerprint density at radius 1 is 1.19 bits per heavy atom. The van der Waals surface area contributed by atoms with E-state index in [0.29, 0.717) is 26.1 Å². The van der Waals surface area contributed by atoms with Gasteiger partial charge < -0.3 is 9.47 Å². The van der Waals surface area contributed by atoms with E-state index < -0.39 is 5.82 Å². The minimum Gasteiger partial charge on any atom is -0.332 e. The minimum atomic E-state index is -0.615. The second-order valence-corrected chi connectivity index (χ2v) is 6.69. The SMILES string of the molecule is O=C(c1cccc(F)c1Cl)N1CCc2c(ncn2Cc2ccc(F)cn2)C1. The molecule has 1 aliphatic heterocycles. The Labute approximate surface area is 159 Å². The molecule has 138 valence electrons. The van der Waals surface area contributed by atoms with E-state index in [1.807, 2.05) is 4.57 Å². The van der Waals surface area contributed by atoms with Gasteiger partial charge in [0.05, 0.1) is 47.6 Å². The molecule has 4 rings (SSSR count). The highest BCUT2D eigenvalue weighted by molar-refractivity contribution is 6.34. The van der Waals surface area contributed by atoms with E-state index >= 15 is 0 Å². The summed E-state index contributed by atoms with van der Waals surface area (Å²) in [5.74, 6) is -1.31. The summed E-state index contributed by atoms with van der Waals surface area (Å²) in [7, 11) is 0. The van der Waals surface area contributed by atoms with Gasteiger partial charge in [0.15, 0.2) is 0 Å². The van der Waals surface area contributed by atoms with E-state index in [1.54, 1.807) is 17.3 Å². The van der Waals surface area contributed by atoms with Gasteiger partial charge >= 0.3 is 0 Å². The van der Waals surface area contributed by atoms with Crippen LogP contribution in [0, 0.1) is 11.6 Å². The van der Waals surface area contributed by atoms with E-state index in [0.717, 1.165) is 17.1 Å². The van der Waals surface area contributed by atoms with Crippen LogP contribution < -0.4 is 0 Å². The van der Waals surface area contributed by atoms with E-state index in [9.17, 15) is 13.6 Å². The third kappa shape index (κ3) is 3.42. The van der Waals surface area contributed by atoms with Crippen LogP contribution in [0.25, 0.3) is 0 Å². The number of benzene rings is 1. The summed E-state index contributed by atoms with van der Waals surface area (Å²) >= 11 is 5.94. The first-order valence-electron chi connectivity index (χ1n) is 8.39. The Balaban J connectivity index is 1.52. The smallest absolute Gasteiger partial charge is 0.255 e. The number of carbonyl (C=O) groups is 1. The lowest BCUT2D eigenvalue weighted by Crippen LogP contribution is -2.36. The highest BCUT2D eigenvalue weighted by Gasteiger charge is 2.27. The maximum absolute atomic E-state index is 13.6. The molecule has 0 aliphatic carbocycles. The number of imidazole rings is 1. The predicted octanol–water partition coefficient (Wildman–Crippen LogP) is 3.46. The van der Waals surface area contributed by atoms with Crippen molar-refractivity contribution in [2.45, 2.75) is 19.5 Å². The topological polar surface area (TPSA) is 51.0 Å². The van der Waals surface area contributed by atoms with Crippen molar-refractivity contribution in [3.05, 3.63) is 82.2 Å². The largest absolute Gasteiger partial charge is 0.332 e. The molecular formula is C19H15ClF2N4O. The summed E-state index contributed by atoms with van der Waals surface area (Å²) in [5.41, 5.74) is 2.66. The fourth-order valence-corrected chi connectivity index (χ4v) is 3.40. The van der Waals surface area contributed by atoms with Gasteiger partial charge in [-0.05, 0) is 24.3 Å². The molecule has 0 atom stereocenters. The number of amides is 1. The highest BCUT2D eigenvalue weighted by Crippen LogP contribution is 2.25. The number of fused-ring (bicyclic) bond motifs is 1. The van der Waals surface area contributed by atoms with Gasteiger partial charge in [0.2, 0.25) is 0 Å². The van der Waals surface area contributed by atoms with Crippen molar-refractivity contribution in [1.82, 2.24) is 19.4 Å². The lowest BCUT2D eigenvalue weighted by atomic mass is 10.1. The third-order valence-electron chi connectivity index (χ3n) is 4.58. The summed E-state index contributed by atoms with van der Waals surface area (Å²) in [6, 6.07) is 7.20. The van der Waals surface area contributed by atoms with Crippen molar-refractivity contribution in [2.24, 2.45) is 0 Å². The van der Waals surface area contributed by atoms with Crippen LogP contribution >= 0.6 is 11.6 Å². The van der Waals surface area contributed by atoms with E-state index in [1.165, 1.54) is 30.5 Å². The molecule has 1 amide bonds. The van der Waals surface area contributed by atoms with Crippen LogP contribution in [-0.4, -0.2) is 31.9 Å². The average molecular weight is 389 g/mol. The second kappa shape index (κ2) is 7.08. The Kier molecular flexibility index (Phi) is 4.61. The average Bonchev–Trinajstić information content (AvgIpc) is 3.07. The molecule has 0 fully saturated rings. The third-order valence-corrected chi connectivity index (χ3v) is 4.97. The molecule has 0 radical (unpaired) electrons. The van der Waals surface area contributed by atoms with Crippen LogP contribution in [0.3, 0.4) is 0 Å². The number of hydrogen-bond donors (Lipinski definition) is 0. The van der Waals surface area contributed by atoms with Gasteiger partial charge in [0, 0.05) is 18.7 Å². The molecule has 1 aromatic carbocycles. The first-order valence-corrected chi connectivity index (χ1v) is 8.77. The Morgan fingerprint density at radius 3 is 2.81 bits per heavy atom. The summed E-state index contributed by atoms with van der Waals surface area (Å²) in [5, 5.41) is -0.166. The van der Waals surface area contributed by atoms with Gasteiger partial charge in [0.25, 0.3) is 5.91 Å². The van der Waals surface area contributed by atoms with Crippen molar-refractivity contribution < 1.29 is 13.6 Å². The molecule has 2 aromatic heterocycles. The molecule has 5 nitrogen and oxygen atoms in total. The lowest BCUT2D eigenvalue weighted by Gasteiger charge is -2.27. The predicted molar refractivity (Wildman–Crippen MR) is 95.4 cm³/mol. The van der Waals surface area contributed by atoms with Crippen LogP contribution in [0.15, 0.2) is 42.9 Å². The van der Waals surface area contributed by atoms with Gasteiger partial charge in [0.1, 0.15) is 11.6 Å². The van der Waals surface area contributed by atoms with Gasteiger partial charge in [-0.1, -0.05) is 17.7 Å². The maximum Gasteiger partial charge on any atom is 0.255 e. The molecule has 0 N–H and O–H groups in total.